The highest BCUT2D eigenvalue weighted by Gasteiger charge is 2.24. The average Bonchev–Trinajstić information content (AvgIpc) is 3.03. The third-order valence-corrected chi connectivity index (χ3v) is 7.44. The fraction of sp³-hybridized carbons (Fsp3) is 0.455. The van der Waals surface area contributed by atoms with Gasteiger partial charge in [-0.05, 0) is 65.1 Å². The Bertz CT molecular complexity index is 1070. The number of aromatic nitrogens is 2. The average molecular weight is 429 g/mol. The molecule has 0 atom stereocenters. The van der Waals surface area contributed by atoms with Crippen molar-refractivity contribution >= 4 is 33.3 Å². The molecule has 1 aromatic carbocycles. The molecule has 3 heterocycles. The second-order valence-electron chi connectivity index (χ2n) is 8.05. The number of benzene rings is 1. The number of hydrogen-bond donors (Lipinski definition) is 0. The fourth-order valence-corrected chi connectivity index (χ4v) is 5.99. The van der Waals surface area contributed by atoms with E-state index in [0.29, 0.717) is 0 Å². The summed E-state index contributed by atoms with van der Waals surface area (Å²) in [6.07, 6.45) is 1.98. The highest BCUT2D eigenvalue weighted by atomic mass is 32.2. The van der Waals surface area contributed by atoms with Crippen molar-refractivity contribution in [2.45, 2.75) is 31.5 Å². The summed E-state index contributed by atoms with van der Waals surface area (Å²) in [7, 11) is 6.31. The first-order chi connectivity index (χ1) is 13.9. The molecule has 0 saturated carbocycles. The van der Waals surface area contributed by atoms with Crippen LogP contribution in [0.25, 0.3) is 15.9 Å². The van der Waals surface area contributed by atoms with Gasteiger partial charge >= 0.3 is 0 Å². The Morgan fingerprint density at radius 3 is 2.72 bits per heavy atom. The normalized spacial score (nSPS) is 14.7. The molecule has 3 aromatic rings. The number of thioether (sulfide) groups is 1. The topological polar surface area (TPSA) is 41.4 Å². The lowest BCUT2D eigenvalue weighted by atomic mass is 10.1. The molecule has 7 heteroatoms. The Balaban J connectivity index is 1.82. The predicted octanol–water partition coefficient (Wildman–Crippen LogP) is 3.79. The fourth-order valence-electron chi connectivity index (χ4n) is 3.71. The van der Waals surface area contributed by atoms with Crippen LogP contribution in [0.2, 0.25) is 0 Å². The highest BCUT2D eigenvalue weighted by Crippen LogP contribution is 2.34. The van der Waals surface area contributed by atoms with Crippen molar-refractivity contribution in [3.8, 4) is 5.69 Å². The summed E-state index contributed by atoms with van der Waals surface area (Å²) >= 11 is 3.38. The summed E-state index contributed by atoms with van der Waals surface area (Å²) < 4.78 is 1.83. The van der Waals surface area contributed by atoms with Gasteiger partial charge in [0.15, 0.2) is 5.16 Å². The summed E-state index contributed by atoms with van der Waals surface area (Å²) in [4.78, 5) is 25.4. The van der Waals surface area contributed by atoms with Crippen molar-refractivity contribution < 1.29 is 0 Å². The van der Waals surface area contributed by atoms with Gasteiger partial charge in [-0.1, -0.05) is 29.5 Å². The first-order valence-corrected chi connectivity index (χ1v) is 11.8. The molecule has 0 amide bonds. The zero-order chi connectivity index (χ0) is 20.5. The third-order valence-electron chi connectivity index (χ3n) is 5.31. The Hall–Kier alpha value is -1.67. The Morgan fingerprint density at radius 1 is 1.24 bits per heavy atom. The molecular weight excluding hydrogens is 400 g/mol. The molecule has 0 spiro atoms. The van der Waals surface area contributed by atoms with Crippen LogP contribution in [0.1, 0.15) is 22.4 Å². The molecule has 0 N–H and O–H groups in total. The maximum Gasteiger partial charge on any atom is 0.267 e. The second kappa shape index (κ2) is 8.60. The number of likely N-dealkylation sites (N-methyl/N-ethyl adjacent to an activating group) is 1. The van der Waals surface area contributed by atoms with Crippen LogP contribution in [0.4, 0.5) is 0 Å². The molecule has 0 radical (unpaired) electrons. The van der Waals surface area contributed by atoms with Crippen LogP contribution in [-0.4, -0.2) is 59.3 Å². The number of fused-ring (bicyclic) bond motifs is 3. The summed E-state index contributed by atoms with van der Waals surface area (Å²) in [6.45, 7) is 5.00. The Labute approximate surface area is 180 Å². The van der Waals surface area contributed by atoms with E-state index >= 15 is 0 Å². The monoisotopic (exact) mass is 428 g/mol. The maximum atomic E-state index is 13.7. The molecule has 0 aliphatic carbocycles. The van der Waals surface area contributed by atoms with Crippen molar-refractivity contribution in [2.75, 3.05) is 40.0 Å². The summed E-state index contributed by atoms with van der Waals surface area (Å²) in [6, 6.07) is 8.18. The smallest absolute Gasteiger partial charge is 0.267 e. The third kappa shape index (κ3) is 4.28. The molecule has 29 heavy (non-hydrogen) atoms. The number of rotatable bonds is 6. The second-order valence-corrected chi connectivity index (χ2v) is 10.2. The maximum absolute atomic E-state index is 13.7. The lowest BCUT2D eigenvalue weighted by Gasteiger charge is -2.21. The first-order valence-electron chi connectivity index (χ1n) is 10.0. The Kier molecular flexibility index (Phi) is 6.11. The first kappa shape index (κ1) is 20.6. The van der Waals surface area contributed by atoms with E-state index in [0.717, 1.165) is 59.3 Å². The van der Waals surface area contributed by atoms with Crippen molar-refractivity contribution in [3.05, 3.63) is 50.6 Å². The van der Waals surface area contributed by atoms with Crippen LogP contribution in [0.3, 0.4) is 0 Å². The van der Waals surface area contributed by atoms with E-state index in [1.165, 1.54) is 16.0 Å². The van der Waals surface area contributed by atoms with Crippen molar-refractivity contribution in [1.82, 2.24) is 19.4 Å². The van der Waals surface area contributed by atoms with E-state index in [1.807, 2.05) is 16.7 Å². The molecule has 154 valence electrons. The molecular formula is C22H28N4OS2. The predicted molar refractivity (Wildman–Crippen MR) is 124 cm³/mol. The number of hydrogen-bond acceptors (Lipinski definition) is 6. The largest absolute Gasteiger partial charge is 0.309 e. The van der Waals surface area contributed by atoms with Gasteiger partial charge in [0.25, 0.3) is 5.56 Å². The van der Waals surface area contributed by atoms with Gasteiger partial charge in [0.05, 0.1) is 11.1 Å². The van der Waals surface area contributed by atoms with Gasteiger partial charge in [-0.3, -0.25) is 9.36 Å². The van der Waals surface area contributed by atoms with Crippen molar-refractivity contribution in [1.29, 1.82) is 0 Å². The SMILES string of the molecule is Cc1ccc(-n2c(SCCCN(C)C)nc3sc4c(c3c2=O)CCN(C)C4)cc1. The number of thiophene rings is 1. The molecule has 5 nitrogen and oxygen atoms in total. The zero-order valence-corrected chi connectivity index (χ0v) is 19.2. The molecule has 2 aromatic heterocycles. The molecule has 1 aliphatic rings. The molecule has 0 fully saturated rings. The van der Waals surface area contributed by atoms with E-state index < -0.39 is 0 Å². The van der Waals surface area contributed by atoms with Gasteiger partial charge in [-0.25, -0.2) is 4.98 Å². The van der Waals surface area contributed by atoms with Gasteiger partial charge in [0.2, 0.25) is 0 Å². The minimum Gasteiger partial charge on any atom is -0.309 e. The van der Waals surface area contributed by atoms with E-state index in [2.05, 4.69) is 50.0 Å². The molecule has 0 saturated heterocycles. The van der Waals surface area contributed by atoms with Gasteiger partial charge in [0, 0.05) is 23.7 Å². The molecule has 4 rings (SSSR count). The highest BCUT2D eigenvalue weighted by molar-refractivity contribution is 7.99. The van der Waals surface area contributed by atoms with Crippen LogP contribution in [0, 0.1) is 6.92 Å². The lowest BCUT2D eigenvalue weighted by molar-refractivity contribution is 0.318. The van der Waals surface area contributed by atoms with Gasteiger partial charge in [-0.15, -0.1) is 11.3 Å². The van der Waals surface area contributed by atoms with Crippen LogP contribution in [-0.2, 0) is 13.0 Å². The van der Waals surface area contributed by atoms with Crippen molar-refractivity contribution in [3.63, 3.8) is 0 Å². The van der Waals surface area contributed by atoms with E-state index in [9.17, 15) is 4.79 Å². The Morgan fingerprint density at radius 2 is 2.00 bits per heavy atom. The van der Waals surface area contributed by atoms with Gasteiger partial charge < -0.3 is 9.80 Å². The van der Waals surface area contributed by atoms with E-state index in [-0.39, 0.29) is 5.56 Å². The lowest BCUT2D eigenvalue weighted by Crippen LogP contribution is -2.27. The minimum atomic E-state index is 0.0796. The van der Waals surface area contributed by atoms with Crippen LogP contribution < -0.4 is 5.56 Å². The van der Waals surface area contributed by atoms with Gasteiger partial charge in [-0.2, -0.15) is 0 Å². The van der Waals surface area contributed by atoms with Crippen LogP contribution >= 0.6 is 23.1 Å². The quantitative estimate of drug-likeness (QED) is 0.339. The van der Waals surface area contributed by atoms with Crippen molar-refractivity contribution in [2.24, 2.45) is 0 Å². The number of nitrogens with zero attached hydrogens (tertiary/aromatic N) is 4. The summed E-state index contributed by atoms with van der Waals surface area (Å²) in [5, 5.41) is 1.63. The van der Waals surface area contributed by atoms with Crippen LogP contribution in [0.5, 0.6) is 0 Å². The van der Waals surface area contributed by atoms with E-state index in [1.54, 1.807) is 23.1 Å². The molecule has 0 bridgehead atoms. The van der Waals surface area contributed by atoms with E-state index in [4.69, 9.17) is 4.98 Å². The summed E-state index contributed by atoms with van der Waals surface area (Å²) in [5.41, 5.74) is 3.38. The minimum absolute atomic E-state index is 0.0796. The molecule has 1 aliphatic heterocycles. The van der Waals surface area contributed by atoms with Gasteiger partial charge in [0.1, 0.15) is 4.83 Å². The summed E-state index contributed by atoms with van der Waals surface area (Å²) in [5.74, 6) is 0.940. The zero-order valence-electron chi connectivity index (χ0n) is 17.6. The van der Waals surface area contributed by atoms with Crippen LogP contribution in [0.15, 0.2) is 34.2 Å². The molecule has 0 unspecified atom stereocenters. The standard InChI is InChI=1S/C22H28N4OS2/c1-15-6-8-16(9-7-15)26-21(27)19-17-10-12-25(4)14-18(17)29-20(19)23-22(26)28-13-5-11-24(2)3/h6-9H,5,10-14H2,1-4H3. The number of aryl methyl sites for hydroxylation is 1.